The average molecular weight is 243 g/mol. The first-order chi connectivity index (χ1) is 8.81. The largest absolute Gasteiger partial charge is 0.292 e. The van der Waals surface area contributed by atoms with Gasteiger partial charge in [-0.05, 0) is 36.8 Å². The van der Waals surface area contributed by atoms with Crippen molar-refractivity contribution >= 4 is 5.71 Å². The van der Waals surface area contributed by atoms with E-state index in [1.807, 2.05) is 7.05 Å². The molecule has 1 aromatic rings. The number of aryl methyl sites for hydroxylation is 1. The molecular weight excluding hydrogens is 218 g/mol. The third kappa shape index (κ3) is 3.44. The molecule has 1 heteroatoms. The van der Waals surface area contributed by atoms with Crippen LogP contribution in [0, 0.1) is 12.8 Å². The molecular formula is C17H25N. The zero-order valence-corrected chi connectivity index (χ0v) is 11.8. The van der Waals surface area contributed by atoms with Gasteiger partial charge >= 0.3 is 0 Å². The maximum atomic E-state index is 4.52. The van der Waals surface area contributed by atoms with Crippen molar-refractivity contribution in [1.29, 1.82) is 0 Å². The zero-order valence-electron chi connectivity index (χ0n) is 11.8. The van der Waals surface area contributed by atoms with Crippen molar-refractivity contribution in [2.24, 2.45) is 10.9 Å². The minimum absolute atomic E-state index is 0.944. The van der Waals surface area contributed by atoms with Gasteiger partial charge in [0.1, 0.15) is 0 Å². The minimum Gasteiger partial charge on any atom is -0.292 e. The fourth-order valence-corrected chi connectivity index (χ4v) is 3.08. The van der Waals surface area contributed by atoms with Crippen molar-refractivity contribution in [2.45, 2.75) is 51.9 Å². The second kappa shape index (κ2) is 6.72. The predicted octanol–water partition coefficient (Wildman–Crippen LogP) is 4.77. The van der Waals surface area contributed by atoms with Gasteiger partial charge in [0.05, 0.1) is 0 Å². The molecule has 0 spiro atoms. The predicted molar refractivity (Wildman–Crippen MR) is 79.4 cm³/mol. The van der Waals surface area contributed by atoms with E-state index in [4.69, 9.17) is 0 Å². The summed E-state index contributed by atoms with van der Waals surface area (Å²) in [6, 6.07) is 8.61. The topological polar surface area (TPSA) is 12.4 Å². The standard InChI is InChI=1S/C17H25N/c1-14-8-6-7-11-16(14)17(18-2)13-12-15-9-4-3-5-10-15/h6-8,11,15H,3-5,9-10,12-13H2,1-2H3/b18-17-. The lowest BCUT2D eigenvalue weighted by molar-refractivity contribution is 0.343. The van der Waals surface area contributed by atoms with Crippen molar-refractivity contribution in [3.63, 3.8) is 0 Å². The fraction of sp³-hybridized carbons (Fsp3) is 0.588. The molecule has 0 heterocycles. The maximum absolute atomic E-state index is 4.52. The summed E-state index contributed by atoms with van der Waals surface area (Å²) in [5.74, 6) is 0.944. The summed E-state index contributed by atoms with van der Waals surface area (Å²) in [7, 11) is 1.93. The van der Waals surface area contributed by atoms with E-state index in [0.717, 1.165) is 12.3 Å². The molecule has 0 unspecified atom stereocenters. The first kappa shape index (κ1) is 13.3. The van der Waals surface area contributed by atoms with E-state index in [9.17, 15) is 0 Å². The normalized spacial score (nSPS) is 18.0. The Morgan fingerprint density at radius 2 is 1.89 bits per heavy atom. The Hall–Kier alpha value is -1.11. The molecule has 0 saturated heterocycles. The Balaban J connectivity index is 1.96. The molecule has 2 rings (SSSR count). The molecule has 0 amide bonds. The molecule has 1 aliphatic carbocycles. The van der Waals surface area contributed by atoms with Crippen molar-refractivity contribution in [1.82, 2.24) is 0 Å². The van der Waals surface area contributed by atoms with Gasteiger partial charge in [0.25, 0.3) is 0 Å². The van der Waals surface area contributed by atoms with Crippen LogP contribution in [-0.2, 0) is 0 Å². The van der Waals surface area contributed by atoms with Crippen LogP contribution in [0.2, 0.25) is 0 Å². The molecule has 0 atom stereocenters. The third-order valence-electron chi connectivity index (χ3n) is 4.24. The fourth-order valence-electron chi connectivity index (χ4n) is 3.08. The highest BCUT2D eigenvalue weighted by Crippen LogP contribution is 2.28. The number of aliphatic imine (C=N–C) groups is 1. The Labute approximate surface area is 111 Å². The van der Waals surface area contributed by atoms with Gasteiger partial charge in [-0.25, -0.2) is 0 Å². The summed E-state index contributed by atoms with van der Waals surface area (Å²) >= 11 is 0. The molecule has 1 nitrogen and oxygen atoms in total. The second-order valence-electron chi connectivity index (χ2n) is 5.53. The van der Waals surface area contributed by atoms with Gasteiger partial charge in [-0.15, -0.1) is 0 Å². The molecule has 1 fully saturated rings. The lowest BCUT2D eigenvalue weighted by atomic mass is 9.85. The van der Waals surface area contributed by atoms with Crippen LogP contribution in [0.5, 0.6) is 0 Å². The zero-order chi connectivity index (χ0) is 12.8. The molecule has 0 aromatic heterocycles. The first-order valence-electron chi connectivity index (χ1n) is 7.33. The van der Waals surface area contributed by atoms with Gasteiger partial charge < -0.3 is 0 Å². The van der Waals surface area contributed by atoms with Crippen LogP contribution < -0.4 is 0 Å². The molecule has 18 heavy (non-hydrogen) atoms. The van der Waals surface area contributed by atoms with Gasteiger partial charge in [-0.3, -0.25) is 4.99 Å². The summed E-state index contributed by atoms with van der Waals surface area (Å²) in [6.07, 6.45) is 9.66. The van der Waals surface area contributed by atoms with E-state index >= 15 is 0 Å². The second-order valence-corrected chi connectivity index (χ2v) is 5.53. The highest BCUT2D eigenvalue weighted by molar-refractivity contribution is 6.01. The molecule has 98 valence electrons. The summed E-state index contributed by atoms with van der Waals surface area (Å²) < 4.78 is 0. The summed E-state index contributed by atoms with van der Waals surface area (Å²) in [5, 5.41) is 0. The monoisotopic (exact) mass is 243 g/mol. The molecule has 0 bridgehead atoms. The SMILES string of the molecule is C/N=C(/CCC1CCCCC1)c1ccccc1C. The minimum atomic E-state index is 0.944. The Kier molecular flexibility index (Phi) is 4.98. The number of benzene rings is 1. The molecule has 1 aromatic carbocycles. The van der Waals surface area contributed by atoms with Gasteiger partial charge in [0, 0.05) is 12.8 Å². The average Bonchev–Trinajstić information content (AvgIpc) is 2.42. The van der Waals surface area contributed by atoms with Crippen molar-refractivity contribution in [2.75, 3.05) is 7.05 Å². The van der Waals surface area contributed by atoms with Crippen LogP contribution in [0.4, 0.5) is 0 Å². The lowest BCUT2D eigenvalue weighted by Gasteiger charge is -2.21. The van der Waals surface area contributed by atoms with Crippen LogP contribution >= 0.6 is 0 Å². The van der Waals surface area contributed by atoms with Gasteiger partial charge in [0.2, 0.25) is 0 Å². The Morgan fingerprint density at radius 3 is 2.56 bits per heavy atom. The first-order valence-corrected chi connectivity index (χ1v) is 7.33. The lowest BCUT2D eigenvalue weighted by Crippen LogP contribution is -2.10. The van der Waals surface area contributed by atoms with E-state index in [1.54, 1.807) is 0 Å². The highest BCUT2D eigenvalue weighted by atomic mass is 14.7. The molecule has 0 radical (unpaired) electrons. The third-order valence-corrected chi connectivity index (χ3v) is 4.24. The summed E-state index contributed by atoms with van der Waals surface area (Å²) in [5.41, 5.74) is 3.98. The molecule has 1 aliphatic rings. The van der Waals surface area contributed by atoms with Gasteiger partial charge in [-0.1, -0.05) is 56.4 Å². The van der Waals surface area contributed by atoms with Crippen molar-refractivity contribution in [3.05, 3.63) is 35.4 Å². The van der Waals surface area contributed by atoms with Crippen molar-refractivity contribution in [3.8, 4) is 0 Å². The van der Waals surface area contributed by atoms with Crippen LogP contribution in [0.1, 0.15) is 56.1 Å². The van der Waals surface area contributed by atoms with E-state index in [1.165, 1.54) is 55.4 Å². The van der Waals surface area contributed by atoms with Gasteiger partial charge in [-0.2, -0.15) is 0 Å². The van der Waals surface area contributed by atoms with Crippen molar-refractivity contribution < 1.29 is 0 Å². The maximum Gasteiger partial charge on any atom is 0.0419 e. The van der Waals surface area contributed by atoms with Crippen LogP contribution in [0.25, 0.3) is 0 Å². The van der Waals surface area contributed by atoms with Crippen LogP contribution in [0.15, 0.2) is 29.3 Å². The van der Waals surface area contributed by atoms with E-state index < -0.39 is 0 Å². The number of hydrogen-bond acceptors (Lipinski definition) is 1. The summed E-state index contributed by atoms with van der Waals surface area (Å²) in [4.78, 5) is 4.52. The van der Waals surface area contributed by atoms with E-state index in [0.29, 0.717) is 0 Å². The Morgan fingerprint density at radius 1 is 1.17 bits per heavy atom. The van der Waals surface area contributed by atoms with Crippen LogP contribution in [0.3, 0.4) is 0 Å². The Bertz CT molecular complexity index is 400. The number of hydrogen-bond donors (Lipinski definition) is 0. The smallest absolute Gasteiger partial charge is 0.0419 e. The molecule has 0 aliphatic heterocycles. The molecule has 0 N–H and O–H groups in total. The quantitative estimate of drug-likeness (QED) is 0.675. The summed E-state index contributed by atoms with van der Waals surface area (Å²) in [6.45, 7) is 2.18. The van der Waals surface area contributed by atoms with E-state index in [-0.39, 0.29) is 0 Å². The number of nitrogens with zero attached hydrogens (tertiary/aromatic N) is 1. The van der Waals surface area contributed by atoms with Gasteiger partial charge in [0.15, 0.2) is 0 Å². The van der Waals surface area contributed by atoms with Crippen LogP contribution in [-0.4, -0.2) is 12.8 Å². The highest BCUT2D eigenvalue weighted by Gasteiger charge is 2.15. The molecule has 1 saturated carbocycles. The number of rotatable bonds is 4. The van der Waals surface area contributed by atoms with E-state index in [2.05, 4.69) is 36.2 Å².